The highest BCUT2D eigenvalue weighted by atomic mass is 19.1. The molecule has 0 saturated heterocycles. The van der Waals surface area contributed by atoms with E-state index >= 15 is 0 Å². The maximum absolute atomic E-state index is 14.5. The zero-order valence-corrected chi connectivity index (χ0v) is 21.3. The average molecular weight is 471 g/mol. The van der Waals surface area contributed by atoms with Crippen molar-refractivity contribution in [1.82, 2.24) is 0 Å². The van der Waals surface area contributed by atoms with Crippen molar-refractivity contribution in [2.24, 2.45) is 0 Å². The second kappa shape index (κ2) is 14.4. The topological polar surface area (TPSA) is 9.23 Å². The molecule has 184 valence electrons. The lowest BCUT2D eigenvalue weighted by atomic mass is 9.98. The number of halogens is 1. The second-order valence-corrected chi connectivity index (χ2v) is 9.23. The van der Waals surface area contributed by atoms with E-state index in [1.165, 1.54) is 24.8 Å². The summed E-state index contributed by atoms with van der Waals surface area (Å²) >= 11 is 0. The van der Waals surface area contributed by atoms with Crippen LogP contribution in [0.1, 0.15) is 63.5 Å². The smallest absolute Gasteiger partial charge is 0.131 e. The number of unbranched alkanes of at least 4 members (excludes halogenated alkanes) is 3. The van der Waals surface area contributed by atoms with E-state index in [1.54, 1.807) is 12.1 Å². The molecule has 35 heavy (non-hydrogen) atoms. The van der Waals surface area contributed by atoms with Gasteiger partial charge in [-0.05, 0) is 72.9 Å². The van der Waals surface area contributed by atoms with E-state index in [0.717, 1.165) is 48.1 Å². The molecule has 1 atom stereocenters. The van der Waals surface area contributed by atoms with Crippen molar-refractivity contribution in [3.05, 3.63) is 102 Å². The van der Waals surface area contributed by atoms with Crippen LogP contribution < -0.4 is 0 Å². The van der Waals surface area contributed by atoms with Gasteiger partial charge in [0.05, 0.1) is 6.10 Å². The normalized spacial score (nSPS) is 12.2. The van der Waals surface area contributed by atoms with Crippen LogP contribution in [0.15, 0.2) is 85.5 Å². The monoisotopic (exact) mass is 470 g/mol. The first kappa shape index (κ1) is 26.6. The van der Waals surface area contributed by atoms with E-state index < -0.39 is 0 Å². The van der Waals surface area contributed by atoms with E-state index in [9.17, 15) is 4.39 Å². The highest BCUT2D eigenvalue weighted by Gasteiger charge is 2.07. The summed E-state index contributed by atoms with van der Waals surface area (Å²) in [5, 5.41) is 0. The van der Waals surface area contributed by atoms with Gasteiger partial charge in [-0.3, -0.25) is 0 Å². The molecule has 0 radical (unpaired) electrons. The molecular formula is C33H39FO. The third-order valence-electron chi connectivity index (χ3n) is 6.30. The molecule has 0 fully saturated rings. The summed E-state index contributed by atoms with van der Waals surface area (Å²) < 4.78 is 20.4. The molecule has 3 aromatic carbocycles. The van der Waals surface area contributed by atoms with Crippen LogP contribution in [0.3, 0.4) is 0 Å². The lowest BCUT2D eigenvalue weighted by Gasteiger charge is -2.12. The Bertz CT molecular complexity index is 1060. The fourth-order valence-electron chi connectivity index (χ4n) is 4.18. The largest absolute Gasteiger partial charge is 0.379 e. The molecule has 0 aromatic heterocycles. The van der Waals surface area contributed by atoms with Gasteiger partial charge in [0.1, 0.15) is 5.82 Å². The van der Waals surface area contributed by atoms with Gasteiger partial charge >= 0.3 is 0 Å². The summed E-state index contributed by atoms with van der Waals surface area (Å²) in [5.41, 5.74) is 5.94. The zero-order chi connectivity index (χ0) is 24.9. The molecule has 0 aliphatic heterocycles. The quantitative estimate of drug-likeness (QED) is 0.168. The first-order chi connectivity index (χ1) is 17.1. The first-order valence-electron chi connectivity index (χ1n) is 13.0. The van der Waals surface area contributed by atoms with E-state index in [4.69, 9.17) is 4.74 Å². The Balaban J connectivity index is 1.49. The van der Waals surface area contributed by atoms with Crippen molar-refractivity contribution in [3.63, 3.8) is 0 Å². The molecule has 0 N–H and O–H groups in total. The Morgan fingerprint density at radius 1 is 0.886 bits per heavy atom. The SMILES string of the molecule is C=CCc1ccc(-c2ccc(-c3ccc(/C=C/CCCC(C)OCCCCC)cc3)cc2)c(F)c1. The van der Waals surface area contributed by atoms with Gasteiger partial charge in [0.25, 0.3) is 0 Å². The maximum Gasteiger partial charge on any atom is 0.131 e. The highest BCUT2D eigenvalue weighted by molar-refractivity contribution is 5.71. The lowest BCUT2D eigenvalue weighted by Crippen LogP contribution is -2.08. The van der Waals surface area contributed by atoms with E-state index in [2.05, 4.69) is 69.0 Å². The van der Waals surface area contributed by atoms with Crippen LogP contribution in [0.2, 0.25) is 0 Å². The zero-order valence-electron chi connectivity index (χ0n) is 21.3. The van der Waals surface area contributed by atoms with Crippen molar-refractivity contribution in [2.45, 2.75) is 64.9 Å². The fourth-order valence-corrected chi connectivity index (χ4v) is 4.18. The molecule has 1 unspecified atom stereocenters. The van der Waals surface area contributed by atoms with Crippen LogP contribution in [0.25, 0.3) is 28.3 Å². The fraction of sp³-hybridized carbons (Fsp3) is 0.333. The summed E-state index contributed by atoms with van der Waals surface area (Å²) in [4.78, 5) is 0. The molecule has 3 aromatic rings. The summed E-state index contributed by atoms with van der Waals surface area (Å²) in [6, 6.07) is 22.1. The van der Waals surface area contributed by atoms with Crippen LogP contribution in [-0.2, 0) is 11.2 Å². The van der Waals surface area contributed by atoms with E-state index in [1.807, 2.05) is 24.3 Å². The molecule has 0 saturated carbocycles. The third-order valence-corrected chi connectivity index (χ3v) is 6.30. The number of ether oxygens (including phenoxy) is 1. The van der Waals surface area contributed by atoms with Crippen molar-refractivity contribution in [2.75, 3.05) is 6.61 Å². The highest BCUT2D eigenvalue weighted by Crippen LogP contribution is 2.28. The van der Waals surface area contributed by atoms with Crippen LogP contribution in [-0.4, -0.2) is 12.7 Å². The summed E-state index contributed by atoms with van der Waals surface area (Å²) in [7, 11) is 0. The van der Waals surface area contributed by atoms with Gasteiger partial charge < -0.3 is 4.74 Å². The molecule has 0 bridgehead atoms. The van der Waals surface area contributed by atoms with E-state index in [-0.39, 0.29) is 5.82 Å². The Morgan fingerprint density at radius 3 is 2.23 bits per heavy atom. The van der Waals surface area contributed by atoms with Crippen molar-refractivity contribution in [3.8, 4) is 22.3 Å². The van der Waals surface area contributed by atoms with Crippen molar-refractivity contribution >= 4 is 6.08 Å². The van der Waals surface area contributed by atoms with Gasteiger partial charge in [0.15, 0.2) is 0 Å². The standard InChI is InChI=1S/C33H39FO/c1-4-6-10-24-35-26(3)12-8-7-9-13-27-14-17-29(18-15-27)30-19-21-31(22-20-30)32-23-16-28(11-5-2)25-33(32)34/h5,9,13-23,25-26H,2,4,6-8,10-12,24H2,1,3H3/b13-9+. The number of hydrogen-bond donors (Lipinski definition) is 0. The van der Waals surface area contributed by atoms with Gasteiger partial charge in [0.2, 0.25) is 0 Å². The Kier molecular flexibility index (Phi) is 11.0. The van der Waals surface area contributed by atoms with Crippen LogP contribution in [0, 0.1) is 5.82 Å². The molecule has 3 rings (SSSR count). The predicted molar refractivity (Wildman–Crippen MR) is 149 cm³/mol. The first-order valence-corrected chi connectivity index (χ1v) is 13.0. The summed E-state index contributed by atoms with van der Waals surface area (Å²) in [6.45, 7) is 9.00. The molecule has 1 nitrogen and oxygen atoms in total. The number of rotatable bonds is 14. The van der Waals surface area contributed by atoms with Crippen LogP contribution >= 0.6 is 0 Å². The maximum atomic E-state index is 14.5. The Morgan fingerprint density at radius 2 is 1.57 bits per heavy atom. The molecule has 0 aliphatic carbocycles. The van der Waals surface area contributed by atoms with Gasteiger partial charge in [-0.2, -0.15) is 0 Å². The summed E-state index contributed by atoms with van der Waals surface area (Å²) in [5.74, 6) is -0.192. The molecule has 0 spiro atoms. The Labute approximate surface area is 211 Å². The number of hydrogen-bond acceptors (Lipinski definition) is 1. The third kappa shape index (κ3) is 8.64. The molecule has 0 heterocycles. The summed E-state index contributed by atoms with van der Waals surface area (Å²) in [6.07, 6.45) is 14.2. The van der Waals surface area contributed by atoms with Crippen molar-refractivity contribution in [1.29, 1.82) is 0 Å². The van der Waals surface area contributed by atoms with Crippen LogP contribution in [0.4, 0.5) is 4.39 Å². The number of allylic oxidation sites excluding steroid dienone is 2. The minimum absolute atomic E-state index is 0.192. The molecular weight excluding hydrogens is 431 g/mol. The van der Waals surface area contributed by atoms with Gasteiger partial charge in [-0.1, -0.05) is 98.7 Å². The molecule has 0 aliphatic rings. The van der Waals surface area contributed by atoms with Crippen molar-refractivity contribution < 1.29 is 9.13 Å². The number of benzene rings is 3. The van der Waals surface area contributed by atoms with Gasteiger partial charge in [-0.25, -0.2) is 4.39 Å². The minimum atomic E-state index is -0.192. The van der Waals surface area contributed by atoms with E-state index in [0.29, 0.717) is 18.1 Å². The Hall–Kier alpha value is -2.97. The molecule has 2 heteroatoms. The van der Waals surface area contributed by atoms with Crippen LogP contribution in [0.5, 0.6) is 0 Å². The minimum Gasteiger partial charge on any atom is -0.379 e. The second-order valence-electron chi connectivity index (χ2n) is 9.23. The lowest BCUT2D eigenvalue weighted by molar-refractivity contribution is 0.0566. The van der Waals surface area contributed by atoms with Gasteiger partial charge in [0, 0.05) is 12.2 Å². The average Bonchev–Trinajstić information content (AvgIpc) is 2.87. The predicted octanol–water partition coefficient (Wildman–Crippen LogP) is 9.67. The van der Waals surface area contributed by atoms with Gasteiger partial charge in [-0.15, -0.1) is 6.58 Å². The molecule has 0 amide bonds.